The average molecular weight is 495 g/mol. The maximum absolute atomic E-state index is 13.9. The highest BCUT2D eigenvalue weighted by Crippen LogP contribution is 2.28. The quantitative estimate of drug-likeness (QED) is 0.407. The SMILES string of the molecule is COc1ccc(-c2cc(C(F)F)n3ncc(CC(=O)N4CCN(C(=O)c5ccco5)CC4)c3n2)cc1. The fraction of sp³-hybridized carbons (Fsp3) is 0.280. The zero-order chi connectivity index (χ0) is 25.2. The number of carbonyl (C=O) groups excluding carboxylic acids is 2. The minimum absolute atomic E-state index is 0.0443. The van der Waals surface area contributed by atoms with E-state index < -0.39 is 6.43 Å². The smallest absolute Gasteiger partial charge is 0.289 e. The van der Waals surface area contributed by atoms with Crippen molar-refractivity contribution in [1.82, 2.24) is 24.4 Å². The summed E-state index contributed by atoms with van der Waals surface area (Å²) in [7, 11) is 1.54. The number of hydrogen-bond donors (Lipinski definition) is 0. The molecule has 186 valence electrons. The van der Waals surface area contributed by atoms with Crippen molar-refractivity contribution in [3.8, 4) is 17.0 Å². The van der Waals surface area contributed by atoms with E-state index in [9.17, 15) is 18.4 Å². The highest BCUT2D eigenvalue weighted by molar-refractivity contribution is 5.91. The Morgan fingerprint density at radius 1 is 1.08 bits per heavy atom. The third kappa shape index (κ3) is 4.51. The third-order valence-corrected chi connectivity index (χ3v) is 6.17. The highest BCUT2D eigenvalue weighted by Gasteiger charge is 2.27. The first-order valence-electron chi connectivity index (χ1n) is 11.4. The molecule has 1 aliphatic rings. The van der Waals surface area contributed by atoms with E-state index in [2.05, 4.69) is 10.1 Å². The van der Waals surface area contributed by atoms with Crippen molar-refractivity contribution < 1.29 is 27.5 Å². The Labute approximate surface area is 204 Å². The summed E-state index contributed by atoms with van der Waals surface area (Å²) in [4.78, 5) is 33.3. The van der Waals surface area contributed by atoms with Crippen LogP contribution < -0.4 is 4.74 Å². The molecule has 9 nitrogen and oxygen atoms in total. The molecule has 4 aromatic rings. The van der Waals surface area contributed by atoms with Crippen LogP contribution in [0.2, 0.25) is 0 Å². The molecular formula is C25H23F2N5O4. The van der Waals surface area contributed by atoms with Crippen LogP contribution in [0.15, 0.2) is 59.3 Å². The number of fused-ring (bicyclic) bond motifs is 1. The molecule has 0 bridgehead atoms. The molecule has 0 N–H and O–H groups in total. The van der Waals surface area contributed by atoms with Crippen LogP contribution in [0.25, 0.3) is 16.9 Å². The number of benzene rings is 1. The summed E-state index contributed by atoms with van der Waals surface area (Å²) in [6.45, 7) is 1.46. The lowest BCUT2D eigenvalue weighted by molar-refractivity contribution is -0.131. The fourth-order valence-corrected chi connectivity index (χ4v) is 4.21. The van der Waals surface area contributed by atoms with E-state index in [0.29, 0.717) is 48.7 Å². The van der Waals surface area contributed by atoms with Gasteiger partial charge < -0.3 is 19.0 Å². The first-order chi connectivity index (χ1) is 17.4. The zero-order valence-electron chi connectivity index (χ0n) is 19.4. The van der Waals surface area contributed by atoms with Gasteiger partial charge >= 0.3 is 0 Å². The Hall–Kier alpha value is -4.28. The number of rotatable bonds is 6. The summed E-state index contributed by atoms with van der Waals surface area (Å²) >= 11 is 0. The first-order valence-corrected chi connectivity index (χ1v) is 11.4. The van der Waals surface area contributed by atoms with Gasteiger partial charge in [-0.1, -0.05) is 0 Å². The van der Waals surface area contributed by atoms with Gasteiger partial charge in [-0.05, 0) is 42.5 Å². The lowest BCUT2D eigenvalue weighted by Crippen LogP contribution is -2.50. The standard InChI is InChI=1S/C25H23F2N5O4/c1-35-18-6-4-16(5-7-18)19-14-20(23(26)27)32-24(29-19)17(15-28-32)13-22(33)30-8-10-31(11-9-30)25(34)21-3-2-12-36-21/h2-7,12,14-15,23H,8-11,13H2,1H3. The number of alkyl halides is 2. The van der Waals surface area contributed by atoms with Gasteiger partial charge in [-0.15, -0.1) is 0 Å². The Balaban J connectivity index is 1.35. The maximum atomic E-state index is 13.9. The van der Waals surface area contributed by atoms with E-state index in [0.717, 1.165) is 4.52 Å². The molecule has 1 saturated heterocycles. The minimum atomic E-state index is -2.78. The predicted octanol–water partition coefficient (Wildman–Crippen LogP) is 3.46. The number of piperazine rings is 1. The second kappa shape index (κ2) is 9.76. The second-order valence-electron chi connectivity index (χ2n) is 8.33. The molecule has 5 rings (SSSR count). The van der Waals surface area contributed by atoms with Gasteiger partial charge in [0.25, 0.3) is 12.3 Å². The number of carbonyl (C=O) groups is 2. The Kier molecular flexibility index (Phi) is 6.36. The van der Waals surface area contributed by atoms with Crippen LogP contribution in [0, 0.1) is 0 Å². The number of hydrogen-bond acceptors (Lipinski definition) is 6. The van der Waals surface area contributed by atoms with Crippen molar-refractivity contribution in [3.05, 3.63) is 71.9 Å². The van der Waals surface area contributed by atoms with E-state index >= 15 is 0 Å². The normalized spacial score (nSPS) is 14.0. The predicted molar refractivity (Wildman–Crippen MR) is 125 cm³/mol. The summed E-state index contributed by atoms with van der Waals surface area (Å²) in [5, 5.41) is 4.08. The van der Waals surface area contributed by atoms with Crippen LogP contribution in [0.1, 0.15) is 28.2 Å². The number of furan rings is 1. The number of halogens is 2. The molecule has 0 atom stereocenters. The maximum Gasteiger partial charge on any atom is 0.289 e. The van der Waals surface area contributed by atoms with Gasteiger partial charge in [0, 0.05) is 37.3 Å². The van der Waals surface area contributed by atoms with Crippen molar-refractivity contribution in [2.75, 3.05) is 33.3 Å². The summed E-state index contributed by atoms with van der Waals surface area (Å²) in [6, 6.07) is 11.5. The zero-order valence-corrected chi connectivity index (χ0v) is 19.4. The van der Waals surface area contributed by atoms with Gasteiger partial charge in [0.15, 0.2) is 11.4 Å². The highest BCUT2D eigenvalue weighted by atomic mass is 19.3. The molecule has 1 aliphatic heterocycles. The van der Waals surface area contributed by atoms with Gasteiger partial charge in [-0.25, -0.2) is 18.3 Å². The van der Waals surface area contributed by atoms with Gasteiger partial charge in [0.05, 0.1) is 31.7 Å². The molecule has 0 aliphatic carbocycles. The molecule has 2 amide bonds. The van der Waals surface area contributed by atoms with Crippen molar-refractivity contribution in [2.45, 2.75) is 12.8 Å². The van der Waals surface area contributed by atoms with E-state index in [4.69, 9.17) is 9.15 Å². The van der Waals surface area contributed by atoms with Gasteiger partial charge in [-0.2, -0.15) is 5.10 Å². The van der Waals surface area contributed by atoms with Crippen molar-refractivity contribution >= 4 is 17.5 Å². The average Bonchev–Trinajstić information content (AvgIpc) is 3.58. The van der Waals surface area contributed by atoms with Crippen LogP contribution in [-0.2, 0) is 11.2 Å². The third-order valence-electron chi connectivity index (χ3n) is 6.17. The summed E-state index contributed by atoms with van der Waals surface area (Å²) < 4.78 is 39.1. The van der Waals surface area contributed by atoms with Gasteiger partial charge in [0.2, 0.25) is 5.91 Å². The van der Waals surface area contributed by atoms with E-state index in [1.54, 1.807) is 53.3 Å². The lowest BCUT2D eigenvalue weighted by Gasteiger charge is -2.34. The molecule has 1 aromatic carbocycles. The molecule has 0 saturated carbocycles. The molecule has 36 heavy (non-hydrogen) atoms. The lowest BCUT2D eigenvalue weighted by atomic mass is 10.1. The summed E-state index contributed by atoms with van der Waals surface area (Å²) in [5.41, 5.74) is 1.33. The second-order valence-corrected chi connectivity index (χ2v) is 8.33. The largest absolute Gasteiger partial charge is 0.497 e. The van der Waals surface area contributed by atoms with Crippen LogP contribution in [-0.4, -0.2) is 69.5 Å². The number of ether oxygens (including phenoxy) is 1. The van der Waals surface area contributed by atoms with Gasteiger partial charge in [-0.3, -0.25) is 9.59 Å². The molecule has 0 radical (unpaired) electrons. The molecule has 11 heteroatoms. The molecule has 0 spiro atoms. The summed E-state index contributed by atoms with van der Waals surface area (Å²) in [6.07, 6.45) is 0.0186. The number of methoxy groups -OCH3 is 1. The minimum Gasteiger partial charge on any atom is -0.497 e. The van der Waals surface area contributed by atoms with Crippen LogP contribution in [0.3, 0.4) is 0 Å². The number of nitrogens with zero attached hydrogens (tertiary/aromatic N) is 5. The Bertz CT molecular complexity index is 1380. The Morgan fingerprint density at radius 2 is 1.81 bits per heavy atom. The summed E-state index contributed by atoms with van der Waals surface area (Å²) in [5.74, 6) is 0.486. The molecule has 4 heterocycles. The first kappa shape index (κ1) is 23.5. The van der Waals surface area contributed by atoms with Crippen molar-refractivity contribution in [2.24, 2.45) is 0 Å². The van der Waals surface area contributed by atoms with Crippen LogP contribution in [0.4, 0.5) is 8.78 Å². The fourth-order valence-electron chi connectivity index (χ4n) is 4.21. The van der Waals surface area contributed by atoms with E-state index in [1.165, 1.54) is 18.5 Å². The molecule has 1 fully saturated rings. The number of amides is 2. The molecule has 3 aromatic heterocycles. The topological polar surface area (TPSA) is 93.2 Å². The van der Waals surface area contributed by atoms with Gasteiger partial charge in [0.1, 0.15) is 11.4 Å². The van der Waals surface area contributed by atoms with Crippen molar-refractivity contribution in [3.63, 3.8) is 0 Å². The Morgan fingerprint density at radius 3 is 2.44 bits per heavy atom. The molecule has 0 unspecified atom stereocenters. The van der Waals surface area contributed by atoms with Crippen molar-refractivity contribution in [1.29, 1.82) is 0 Å². The molecular weight excluding hydrogens is 472 g/mol. The monoisotopic (exact) mass is 495 g/mol. The van der Waals surface area contributed by atoms with Crippen LogP contribution >= 0.6 is 0 Å². The van der Waals surface area contributed by atoms with Crippen LogP contribution in [0.5, 0.6) is 5.75 Å². The van der Waals surface area contributed by atoms with E-state index in [1.807, 2.05) is 0 Å². The number of aromatic nitrogens is 3. The van der Waals surface area contributed by atoms with E-state index in [-0.39, 0.29) is 35.3 Å².